The number of rotatable bonds is 0. The average Bonchev–Trinajstić information content (AvgIpc) is 2.33. The third kappa shape index (κ3) is 0.888. The first-order valence-electron chi connectivity index (χ1n) is 3.52. The van der Waals surface area contributed by atoms with E-state index in [9.17, 15) is 0 Å². The van der Waals surface area contributed by atoms with Gasteiger partial charge in [-0.3, -0.25) is 4.98 Å². The minimum atomic E-state index is 0.949. The minimum absolute atomic E-state index is 0.949. The lowest BCUT2D eigenvalue weighted by Gasteiger charge is -1.94. The molecule has 3 heteroatoms. The Morgan fingerprint density at radius 2 is 2.27 bits per heavy atom. The van der Waals surface area contributed by atoms with Crippen LogP contribution >= 0.6 is 0 Å². The van der Waals surface area contributed by atoms with Gasteiger partial charge in [-0.05, 0) is 13.0 Å². The summed E-state index contributed by atoms with van der Waals surface area (Å²) in [7, 11) is 1.97. The Labute approximate surface area is 64.7 Å². The first-order chi connectivity index (χ1) is 5.27. The van der Waals surface area contributed by atoms with Crippen molar-refractivity contribution in [2.75, 3.05) is 0 Å². The van der Waals surface area contributed by atoms with Crippen LogP contribution in [-0.4, -0.2) is 14.5 Å². The topological polar surface area (TPSA) is 30.7 Å². The molecule has 2 aromatic heterocycles. The molecule has 3 nitrogen and oxygen atoms in total. The molecule has 56 valence electrons. The molecule has 0 saturated carbocycles. The van der Waals surface area contributed by atoms with Crippen LogP contribution in [0.5, 0.6) is 0 Å². The first kappa shape index (κ1) is 6.34. The van der Waals surface area contributed by atoms with E-state index >= 15 is 0 Å². The second kappa shape index (κ2) is 2.05. The Morgan fingerprint density at radius 1 is 1.45 bits per heavy atom. The van der Waals surface area contributed by atoms with Gasteiger partial charge in [-0.1, -0.05) is 0 Å². The number of nitrogens with zero attached hydrogens (tertiary/aromatic N) is 3. The number of fused-ring (bicyclic) bond motifs is 1. The van der Waals surface area contributed by atoms with Gasteiger partial charge in [0, 0.05) is 19.4 Å². The first-order valence-corrected chi connectivity index (χ1v) is 3.52. The van der Waals surface area contributed by atoms with Gasteiger partial charge in [-0.25, -0.2) is 4.98 Å². The van der Waals surface area contributed by atoms with Gasteiger partial charge in [-0.2, -0.15) is 0 Å². The predicted octanol–water partition coefficient (Wildman–Crippen LogP) is 1.28. The number of aryl methyl sites for hydroxylation is 2. The number of hydrogen-bond donors (Lipinski definition) is 0. The molecular weight excluding hydrogens is 138 g/mol. The lowest BCUT2D eigenvalue weighted by Crippen LogP contribution is -1.90. The fourth-order valence-electron chi connectivity index (χ4n) is 1.10. The van der Waals surface area contributed by atoms with Crippen LogP contribution < -0.4 is 0 Å². The van der Waals surface area contributed by atoms with Crippen LogP contribution in [0.25, 0.3) is 11.2 Å². The van der Waals surface area contributed by atoms with Gasteiger partial charge in [-0.15, -0.1) is 0 Å². The molecule has 2 heterocycles. The maximum atomic E-state index is 4.34. The lowest BCUT2D eigenvalue weighted by atomic mass is 10.5. The Kier molecular flexibility index (Phi) is 1.18. The molecule has 0 aromatic carbocycles. The van der Waals surface area contributed by atoms with E-state index in [1.165, 1.54) is 0 Å². The second-order valence-corrected chi connectivity index (χ2v) is 2.65. The van der Waals surface area contributed by atoms with Crippen LogP contribution in [0.15, 0.2) is 18.5 Å². The molecule has 0 saturated heterocycles. The van der Waals surface area contributed by atoms with Gasteiger partial charge >= 0.3 is 0 Å². The lowest BCUT2D eigenvalue weighted by molar-refractivity contribution is 0.939. The summed E-state index contributed by atoms with van der Waals surface area (Å²) in [5.74, 6) is 0. The van der Waals surface area contributed by atoms with Gasteiger partial charge in [0.1, 0.15) is 5.52 Å². The summed E-state index contributed by atoms with van der Waals surface area (Å²) in [6.45, 7) is 1.94. The third-order valence-electron chi connectivity index (χ3n) is 1.69. The van der Waals surface area contributed by atoms with Crippen LogP contribution in [0.1, 0.15) is 5.69 Å². The molecular formula is C8H9N3. The van der Waals surface area contributed by atoms with Crippen molar-refractivity contribution in [1.29, 1.82) is 0 Å². The summed E-state index contributed by atoms with van der Waals surface area (Å²) in [5.41, 5.74) is 2.86. The van der Waals surface area contributed by atoms with Gasteiger partial charge in [0.05, 0.1) is 5.69 Å². The van der Waals surface area contributed by atoms with Crippen molar-refractivity contribution in [3.05, 3.63) is 24.2 Å². The molecule has 2 aromatic rings. The molecule has 0 aliphatic heterocycles. The van der Waals surface area contributed by atoms with Crippen molar-refractivity contribution in [3.8, 4) is 0 Å². The fraction of sp³-hybridized carbons (Fsp3) is 0.250. The largest absolute Gasteiger partial charge is 0.334 e. The molecule has 0 amide bonds. The molecule has 0 bridgehead atoms. The highest BCUT2D eigenvalue weighted by molar-refractivity contribution is 5.70. The van der Waals surface area contributed by atoms with Gasteiger partial charge < -0.3 is 4.57 Å². The Balaban J connectivity index is 2.87. The zero-order valence-electron chi connectivity index (χ0n) is 6.57. The molecule has 0 unspecified atom stereocenters. The predicted molar refractivity (Wildman–Crippen MR) is 43.2 cm³/mol. The van der Waals surface area contributed by atoms with Crippen molar-refractivity contribution >= 4 is 11.2 Å². The van der Waals surface area contributed by atoms with E-state index < -0.39 is 0 Å². The zero-order valence-corrected chi connectivity index (χ0v) is 6.57. The molecule has 0 fully saturated rings. The molecule has 0 N–H and O–H groups in total. The molecule has 0 radical (unpaired) electrons. The van der Waals surface area contributed by atoms with Crippen LogP contribution in [-0.2, 0) is 7.05 Å². The van der Waals surface area contributed by atoms with E-state index in [0.29, 0.717) is 0 Å². The zero-order chi connectivity index (χ0) is 7.84. The van der Waals surface area contributed by atoms with Crippen molar-refractivity contribution in [1.82, 2.24) is 14.5 Å². The number of hydrogen-bond acceptors (Lipinski definition) is 2. The monoisotopic (exact) mass is 147 g/mol. The molecule has 2 rings (SSSR count). The standard InChI is InChI=1S/C8H9N3/c1-6-5-9-7-3-4-11(2)8(7)10-6/h3-5H,1-2H3. The van der Waals surface area contributed by atoms with E-state index in [2.05, 4.69) is 9.97 Å². The van der Waals surface area contributed by atoms with Crippen LogP contribution in [0.2, 0.25) is 0 Å². The maximum Gasteiger partial charge on any atom is 0.158 e. The molecule has 0 aliphatic carbocycles. The van der Waals surface area contributed by atoms with E-state index in [1.807, 2.05) is 30.8 Å². The van der Waals surface area contributed by atoms with E-state index in [1.54, 1.807) is 6.20 Å². The van der Waals surface area contributed by atoms with Crippen molar-refractivity contribution < 1.29 is 0 Å². The smallest absolute Gasteiger partial charge is 0.158 e. The maximum absolute atomic E-state index is 4.34. The van der Waals surface area contributed by atoms with Gasteiger partial charge in [0.15, 0.2) is 5.65 Å². The summed E-state index contributed by atoms with van der Waals surface area (Å²) in [5, 5.41) is 0. The van der Waals surface area contributed by atoms with Crippen molar-refractivity contribution in [2.24, 2.45) is 7.05 Å². The fourth-order valence-corrected chi connectivity index (χ4v) is 1.10. The molecule has 0 aliphatic rings. The highest BCUT2D eigenvalue weighted by Gasteiger charge is 1.98. The Bertz CT molecular complexity index is 389. The summed E-state index contributed by atoms with van der Waals surface area (Å²) < 4.78 is 1.97. The van der Waals surface area contributed by atoms with Crippen molar-refractivity contribution in [3.63, 3.8) is 0 Å². The van der Waals surface area contributed by atoms with E-state index in [4.69, 9.17) is 0 Å². The van der Waals surface area contributed by atoms with E-state index in [-0.39, 0.29) is 0 Å². The van der Waals surface area contributed by atoms with Gasteiger partial charge in [0.25, 0.3) is 0 Å². The SMILES string of the molecule is Cc1cnc2ccn(C)c2n1. The molecule has 0 atom stereocenters. The molecule has 11 heavy (non-hydrogen) atoms. The summed E-state index contributed by atoms with van der Waals surface area (Å²) >= 11 is 0. The Hall–Kier alpha value is -1.38. The average molecular weight is 147 g/mol. The second-order valence-electron chi connectivity index (χ2n) is 2.65. The third-order valence-corrected chi connectivity index (χ3v) is 1.69. The molecule has 0 spiro atoms. The van der Waals surface area contributed by atoms with Crippen LogP contribution in [0, 0.1) is 6.92 Å². The summed E-state index contributed by atoms with van der Waals surface area (Å²) in [6.07, 6.45) is 3.74. The Morgan fingerprint density at radius 3 is 3.09 bits per heavy atom. The highest BCUT2D eigenvalue weighted by atomic mass is 15.0. The quantitative estimate of drug-likeness (QED) is 0.562. The highest BCUT2D eigenvalue weighted by Crippen LogP contribution is 2.08. The van der Waals surface area contributed by atoms with Crippen LogP contribution in [0.4, 0.5) is 0 Å². The normalized spacial score (nSPS) is 10.7. The van der Waals surface area contributed by atoms with Gasteiger partial charge in [0.2, 0.25) is 0 Å². The summed E-state index contributed by atoms with van der Waals surface area (Å²) in [6, 6.07) is 1.96. The van der Waals surface area contributed by atoms with Crippen LogP contribution in [0.3, 0.4) is 0 Å². The number of aromatic nitrogens is 3. The summed E-state index contributed by atoms with van der Waals surface area (Å²) in [4.78, 5) is 8.55. The van der Waals surface area contributed by atoms with E-state index in [0.717, 1.165) is 16.9 Å². The minimum Gasteiger partial charge on any atom is -0.334 e. The van der Waals surface area contributed by atoms with Crippen molar-refractivity contribution in [2.45, 2.75) is 6.92 Å².